The van der Waals surface area contributed by atoms with Crippen molar-refractivity contribution >= 4 is 25.6 Å². The Hall–Kier alpha value is -1.18. The molecule has 0 saturated heterocycles. The number of carbonyl (C=O) groups is 1. The first-order valence-corrected chi connectivity index (χ1v) is 8.56. The SMILES string of the molecule is CCN(C(=O)c1cc(F)cc(S(=O)(=O)Cl)c1)C(C)COC. The molecule has 1 aromatic rings. The van der Waals surface area contributed by atoms with Crippen LogP contribution in [-0.2, 0) is 13.8 Å². The van der Waals surface area contributed by atoms with E-state index in [0.717, 1.165) is 18.2 Å². The molecule has 21 heavy (non-hydrogen) atoms. The van der Waals surface area contributed by atoms with E-state index >= 15 is 0 Å². The highest BCUT2D eigenvalue weighted by atomic mass is 35.7. The number of likely N-dealkylation sites (N-methyl/N-ethyl adjacent to an activating group) is 1. The maximum Gasteiger partial charge on any atom is 0.261 e. The van der Waals surface area contributed by atoms with Crippen LogP contribution in [0.2, 0.25) is 0 Å². The van der Waals surface area contributed by atoms with Gasteiger partial charge in [-0.25, -0.2) is 12.8 Å². The average molecular weight is 338 g/mol. The van der Waals surface area contributed by atoms with E-state index in [2.05, 4.69) is 0 Å². The largest absolute Gasteiger partial charge is 0.383 e. The summed E-state index contributed by atoms with van der Waals surface area (Å²) in [7, 11) is 2.60. The second kappa shape index (κ2) is 7.20. The van der Waals surface area contributed by atoms with Crippen molar-refractivity contribution in [2.75, 3.05) is 20.3 Å². The molecule has 0 aliphatic rings. The highest BCUT2D eigenvalue weighted by Crippen LogP contribution is 2.20. The molecule has 5 nitrogen and oxygen atoms in total. The number of ether oxygens (including phenoxy) is 1. The van der Waals surface area contributed by atoms with Crippen LogP contribution in [0, 0.1) is 5.82 Å². The number of carbonyl (C=O) groups excluding carboxylic acids is 1. The zero-order chi connectivity index (χ0) is 16.2. The van der Waals surface area contributed by atoms with Crippen molar-refractivity contribution in [3.63, 3.8) is 0 Å². The van der Waals surface area contributed by atoms with Crippen molar-refractivity contribution in [2.24, 2.45) is 0 Å². The fraction of sp³-hybridized carbons (Fsp3) is 0.462. The van der Waals surface area contributed by atoms with Crippen LogP contribution in [-0.4, -0.2) is 45.5 Å². The lowest BCUT2D eigenvalue weighted by atomic mass is 10.1. The number of benzene rings is 1. The lowest BCUT2D eigenvalue weighted by Crippen LogP contribution is -2.41. The Morgan fingerprint density at radius 3 is 2.52 bits per heavy atom. The predicted molar refractivity (Wildman–Crippen MR) is 77.5 cm³/mol. The summed E-state index contributed by atoms with van der Waals surface area (Å²) in [5, 5.41) is 0. The Kier molecular flexibility index (Phi) is 6.12. The Morgan fingerprint density at radius 1 is 1.43 bits per heavy atom. The molecule has 1 amide bonds. The second-order valence-electron chi connectivity index (χ2n) is 4.51. The van der Waals surface area contributed by atoms with E-state index in [1.807, 2.05) is 0 Å². The molecule has 0 heterocycles. The van der Waals surface area contributed by atoms with Gasteiger partial charge in [0.25, 0.3) is 15.0 Å². The van der Waals surface area contributed by atoms with Crippen LogP contribution >= 0.6 is 10.7 Å². The number of methoxy groups -OCH3 is 1. The third-order valence-corrected chi connectivity index (χ3v) is 4.27. The van der Waals surface area contributed by atoms with Crippen molar-refractivity contribution in [3.8, 4) is 0 Å². The smallest absolute Gasteiger partial charge is 0.261 e. The van der Waals surface area contributed by atoms with E-state index in [9.17, 15) is 17.6 Å². The van der Waals surface area contributed by atoms with Crippen LogP contribution in [0.4, 0.5) is 4.39 Å². The molecule has 0 N–H and O–H groups in total. The maximum absolute atomic E-state index is 13.5. The van der Waals surface area contributed by atoms with Crippen LogP contribution < -0.4 is 0 Å². The van der Waals surface area contributed by atoms with Crippen LogP contribution in [0.1, 0.15) is 24.2 Å². The molecule has 0 saturated carbocycles. The maximum atomic E-state index is 13.5. The molecule has 0 aliphatic carbocycles. The van der Waals surface area contributed by atoms with Gasteiger partial charge in [0.2, 0.25) is 0 Å². The number of rotatable bonds is 6. The molecular weight excluding hydrogens is 321 g/mol. The van der Waals surface area contributed by atoms with Gasteiger partial charge < -0.3 is 9.64 Å². The topological polar surface area (TPSA) is 63.7 Å². The second-order valence-corrected chi connectivity index (χ2v) is 7.07. The van der Waals surface area contributed by atoms with Crippen LogP contribution in [0.5, 0.6) is 0 Å². The van der Waals surface area contributed by atoms with Gasteiger partial charge >= 0.3 is 0 Å². The standard InChI is InChI=1S/C13H17ClFNO4S/c1-4-16(9(2)8-20-3)13(17)10-5-11(15)7-12(6-10)21(14,18)19/h5-7,9H,4,8H2,1-3H3. The molecule has 8 heteroatoms. The Bertz CT molecular complexity index is 621. The monoisotopic (exact) mass is 337 g/mol. The molecule has 0 spiro atoms. The van der Waals surface area contributed by atoms with Crippen molar-refractivity contribution in [1.29, 1.82) is 0 Å². The van der Waals surface area contributed by atoms with E-state index in [-0.39, 0.29) is 11.6 Å². The normalized spacial score (nSPS) is 13.0. The minimum absolute atomic E-state index is 0.0703. The van der Waals surface area contributed by atoms with Gasteiger partial charge in [0, 0.05) is 29.9 Å². The van der Waals surface area contributed by atoms with Crippen LogP contribution in [0.15, 0.2) is 23.1 Å². The summed E-state index contributed by atoms with van der Waals surface area (Å²) in [6, 6.07) is 2.59. The number of hydrogen-bond acceptors (Lipinski definition) is 4. The highest BCUT2D eigenvalue weighted by molar-refractivity contribution is 8.13. The lowest BCUT2D eigenvalue weighted by molar-refractivity contribution is 0.0578. The molecular formula is C13H17ClFNO4S. The molecule has 0 bridgehead atoms. The van der Waals surface area contributed by atoms with Crippen LogP contribution in [0.3, 0.4) is 0 Å². The Labute approximate surface area is 128 Å². The van der Waals surface area contributed by atoms with Crippen molar-refractivity contribution in [3.05, 3.63) is 29.6 Å². The van der Waals surface area contributed by atoms with Gasteiger partial charge in [0.15, 0.2) is 0 Å². The first-order valence-electron chi connectivity index (χ1n) is 6.25. The first-order chi connectivity index (χ1) is 9.70. The summed E-state index contributed by atoms with van der Waals surface area (Å²) >= 11 is 0. The summed E-state index contributed by atoms with van der Waals surface area (Å²) < 4.78 is 41.1. The van der Waals surface area contributed by atoms with E-state index in [1.54, 1.807) is 13.8 Å². The van der Waals surface area contributed by atoms with E-state index in [4.69, 9.17) is 15.4 Å². The Balaban J connectivity index is 3.20. The summed E-state index contributed by atoms with van der Waals surface area (Å²) in [5.41, 5.74) is -0.0703. The quantitative estimate of drug-likeness (QED) is 0.747. The summed E-state index contributed by atoms with van der Waals surface area (Å²) in [5.74, 6) is -1.32. The molecule has 0 aromatic heterocycles. The molecule has 1 unspecified atom stereocenters. The molecule has 0 radical (unpaired) electrons. The number of halogens is 2. The van der Waals surface area contributed by atoms with Gasteiger partial charge in [-0.1, -0.05) is 0 Å². The lowest BCUT2D eigenvalue weighted by Gasteiger charge is -2.27. The minimum Gasteiger partial charge on any atom is -0.383 e. The third-order valence-electron chi connectivity index (χ3n) is 2.94. The molecule has 1 atom stereocenters. The van der Waals surface area contributed by atoms with Gasteiger partial charge in [0.05, 0.1) is 17.5 Å². The number of hydrogen-bond donors (Lipinski definition) is 0. The van der Waals surface area contributed by atoms with E-state index in [1.165, 1.54) is 12.0 Å². The van der Waals surface area contributed by atoms with Crippen molar-refractivity contribution in [2.45, 2.75) is 24.8 Å². The Morgan fingerprint density at radius 2 is 2.05 bits per heavy atom. The van der Waals surface area contributed by atoms with Gasteiger partial charge in [-0.05, 0) is 32.0 Å². The average Bonchev–Trinajstić information content (AvgIpc) is 2.38. The fourth-order valence-corrected chi connectivity index (χ4v) is 2.77. The van der Waals surface area contributed by atoms with E-state index < -0.39 is 25.7 Å². The van der Waals surface area contributed by atoms with Gasteiger partial charge in [-0.15, -0.1) is 0 Å². The number of nitrogens with zero attached hydrogens (tertiary/aromatic N) is 1. The number of amides is 1. The molecule has 0 aliphatic heterocycles. The van der Waals surface area contributed by atoms with Crippen LogP contribution in [0.25, 0.3) is 0 Å². The van der Waals surface area contributed by atoms with E-state index in [0.29, 0.717) is 13.2 Å². The summed E-state index contributed by atoms with van der Waals surface area (Å²) in [6.07, 6.45) is 0. The highest BCUT2D eigenvalue weighted by Gasteiger charge is 2.22. The van der Waals surface area contributed by atoms with Gasteiger partial charge in [0.1, 0.15) is 5.82 Å². The third kappa shape index (κ3) is 4.66. The minimum atomic E-state index is -4.11. The summed E-state index contributed by atoms with van der Waals surface area (Å²) in [6.45, 7) is 4.24. The zero-order valence-corrected chi connectivity index (χ0v) is 13.5. The molecule has 1 rings (SSSR count). The zero-order valence-electron chi connectivity index (χ0n) is 12.0. The van der Waals surface area contributed by atoms with Gasteiger partial charge in [-0.2, -0.15) is 0 Å². The molecule has 0 fully saturated rings. The molecule has 1 aromatic carbocycles. The summed E-state index contributed by atoms with van der Waals surface area (Å²) in [4.78, 5) is 13.4. The predicted octanol–water partition coefficient (Wildman–Crippen LogP) is 2.25. The van der Waals surface area contributed by atoms with Gasteiger partial charge in [-0.3, -0.25) is 4.79 Å². The van der Waals surface area contributed by atoms with Crippen molar-refractivity contribution in [1.82, 2.24) is 4.90 Å². The fourth-order valence-electron chi connectivity index (χ4n) is 1.98. The molecule has 118 valence electrons. The first kappa shape index (κ1) is 17.9. The van der Waals surface area contributed by atoms with Crippen molar-refractivity contribution < 1.29 is 22.3 Å².